The molecular formula is C30H35N3O3. The van der Waals surface area contributed by atoms with Crippen molar-refractivity contribution < 1.29 is 14.3 Å². The van der Waals surface area contributed by atoms with Gasteiger partial charge in [-0.2, -0.15) is 0 Å². The maximum Gasteiger partial charge on any atom is 0.237 e. The van der Waals surface area contributed by atoms with Crippen molar-refractivity contribution in [2.45, 2.75) is 43.9 Å². The van der Waals surface area contributed by atoms with Crippen LogP contribution < -0.4 is 15.4 Å². The largest absolute Gasteiger partial charge is 0.457 e. The summed E-state index contributed by atoms with van der Waals surface area (Å²) in [6, 6.07) is 27.2. The van der Waals surface area contributed by atoms with Gasteiger partial charge >= 0.3 is 0 Å². The molecule has 1 heterocycles. The third kappa shape index (κ3) is 5.95. The molecule has 1 saturated heterocycles. The number of ether oxygens (including phenoxy) is 2. The summed E-state index contributed by atoms with van der Waals surface area (Å²) in [5.74, 6) is 1.76. The number of hydrogen-bond acceptors (Lipinski definition) is 5. The number of methoxy groups -OCH3 is 1. The fourth-order valence-electron chi connectivity index (χ4n) is 5.44. The van der Waals surface area contributed by atoms with E-state index in [0.29, 0.717) is 19.2 Å². The summed E-state index contributed by atoms with van der Waals surface area (Å²) in [6.45, 7) is 2.65. The summed E-state index contributed by atoms with van der Waals surface area (Å²) in [5, 5.41) is 6.79. The topological polar surface area (TPSA) is 62.8 Å². The molecule has 1 aliphatic heterocycles. The Labute approximate surface area is 213 Å². The molecule has 0 spiro atoms. The molecule has 3 aromatic rings. The number of para-hydroxylation sites is 1. The number of carbonyl (C=O) groups is 1. The minimum Gasteiger partial charge on any atom is -0.457 e. The van der Waals surface area contributed by atoms with Crippen LogP contribution in [0.2, 0.25) is 0 Å². The molecule has 3 aromatic carbocycles. The Morgan fingerprint density at radius 2 is 1.67 bits per heavy atom. The van der Waals surface area contributed by atoms with E-state index in [9.17, 15) is 4.79 Å². The summed E-state index contributed by atoms with van der Waals surface area (Å²) in [4.78, 5) is 15.6. The molecule has 36 heavy (non-hydrogen) atoms. The highest BCUT2D eigenvalue weighted by atomic mass is 16.5. The second-order valence-electron chi connectivity index (χ2n) is 9.70. The van der Waals surface area contributed by atoms with E-state index in [2.05, 4.69) is 51.9 Å². The standard InChI is InChI=1S/C30H35N3O3/c1-35-15-14-31-30(34)29-19-25(21-33(29)26-17-23-9-5-6-10-24(23)18-26)32-20-22-8-7-13-28(16-22)36-27-11-3-2-4-12-27/h2-13,16,25-26,29,32H,14-15,17-21H2,1H3,(H,31,34)/t25-,29-/m0/s1. The molecule has 1 amide bonds. The van der Waals surface area contributed by atoms with Crippen molar-refractivity contribution in [1.29, 1.82) is 0 Å². The normalized spacial score (nSPS) is 19.8. The van der Waals surface area contributed by atoms with Crippen LogP contribution in [-0.2, 0) is 28.9 Å². The summed E-state index contributed by atoms with van der Waals surface area (Å²) in [5.41, 5.74) is 3.98. The van der Waals surface area contributed by atoms with E-state index in [-0.39, 0.29) is 18.0 Å². The van der Waals surface area contributed by atoms with Crippen LogP contribution in [0.4, 0.5) is 0 Å². The third-order valence-electron chi connectivity index (χ3n) is 7.22. The molecule has 188 valence electrons. The number of amides is 1. The van der Waals surface area contributed by atoms with Gasteiger partial charge in [0.15, 0.2) is 0 Å². The first-order valence-electron chi connectivity index (χ1n) is 12.8. The molecule has 0 bridgehead atoms. The van der Waals surface area contributed by atoms with E-state index in [1.807, 2.05) is 42.5 Å². The third-order valence-corrected chi connectivity index (χ3v) is 7.22. The van der Waals surface area contributed by atoms with Crippen LogP contribution in [0.5, 0.6) is 11.5 Å². The van der Waals surface area contributed by atoms with Gasteiger partial charge in [0.05, 0.1) is 12.6 Å². The Morgan fingerprint density at radius 3 is 2.42 bits per heavy atom. The molecule has 1 fully saturated rings. The van der Waals surface area contributed by atoms with Gasteiger partial charge in [0.1, 0.15) is 11.5 Å². The number of likely N-dealkylation sites (tertiary alicyclic amines) is 1. The molecule has 0 unspecified atom stereocenters. The Morgan fingerprint density at radius 1 is 0.944 bits per heavy atom. The van der Waals surface area contributed by atoms with Crippen molar-refractivity contribution in [2.75, 3.05) is 26.8 Å². The number of nitrogens with zero attached hydrogens (tertiary/aromatic N) is 1. The van der Waals surface area contributed by atoms with Gasteiger partial charge in [-0.3, -0.25) is 9.69 Å². The molecular weight excluding hydrogens is 450 g/mol. The lowest BCUT2D eigenvalue weighted by molar-refractivity contribution is -0.126. The summed E-state index contributed by atoms with van der Waals surface area (Å²) < 4.78 is 11.1. The first-order chi connectivity index (χ1) is 17.7. The highest BCUT2D eigenvalue weighted by Crippen LogP contribution is 2.31. The highest BCUT2D eigenvalue weighted by Gasteiger charge is 2.41. The Kier molecular flexibility index (Phi) is 7.96. The zero-order valence-electron chi connectivity index (χ0n) is 20.9. The average molecular weight is 486 g/mol. The lowest BCUT2D eigenvalue weighted by Gasteiger charge is -2.29. The van der Waals surface area contributed by atoms with Crippen molar-refractivity contribution in [1.82, 2.24) is 15.5 Å². The Balaban J connectivity index is 1.23. The van der Waals surface area contributed by atoms with Crippen molar-refractivity contribution in [3.8, 4) is 11.5 Å². The smallest absolute Gasteiger partial charge is 0.237 e. The fourth-order valence-corrected chi connectivity index (χ4v) is 5.44. The molecule has 2 N–H and O–H groups in total. The quantitative estimate of drug-likeness (QED) is 0.426. The van der Waals surface area contributed by atoms with E-state index in [1.54, 1.807) is 7.11 Å². The van der Waals surface area contributed by atoms with Gasteiger partial charge in [0, 0.05) is 38.8 Å². The van der Waals surface area contributed by atoms with Crippen LogP contribution in [0.15, 0.2) is 78.9 Å². The molecule has 2 atom stereocenters. The van der Waals surface area contributed by atoms with Gasteiger partial charge in [-0.05, 0) is 60.2 Å². The van der Waals surface area contributed by atoms with Crippen LogP contribution in [0.3, 0.4) is 0 Å². The van der Waals surface area contributed by atoms with Gasteiger partial charge in [0.2, 0.25) is 5.91 Å². The summed E-state index contributed by atoms with van der Waals surface area (Å²) >= 11 is 0. The first-order valence-corrected chi connectivity index (χ1v) is 12.8. The second kappa shape index (κ2) is 11.7. The van der Waals surface area contributed by atoms with Gasteiger partial charge in [-0.1, -0.05) is 54.6 Å². The average Bonchev–Trinajstić information content (AvgIpc) is 3.53. The molecule has 5 rings (SSSR count). The summed E-state index contributed by atoms with van der Waals surface area (Å²) in [7, 11) is 1.66. The summed E-state index contributed by atoms with van der Waals surface area (Å²) in [6.07, 6.45) is 2.80. The van der Waals surface area contributed by atoms with Gasteiger partial charge in [0.25, 0.3) is 0 Å². The zero-order chi connectivity index (χ0) is 24.7. The molecule has 6 heteroatoms. The molecule has 0 radical (unpaired) electrons. The van der Waals surface area contributed by atoms with Crippen molar-refractivity contribution in [3.63, 3.8) is 0 Å². The Bertz CT molecular complexity index is 1130. The molecule has 0 saturated carbocycles. The van der Waals surface area contributed by atoms with Crippen molar-refractivity contribution in [2.24, 2.45) is 0 Å². The predicted octanol–water partition coefficient (Wildman–Crippen LogP) is 3.94. The number of fused-ring (bicyclic) bond motifs is 1. The van der Waals surface area contributed by atoms with E-state index in [0.717, 1.165) is 49.4 Å². The number of carbonyl (C=O) groups excluding carboxylic acids is 1. The van der Waals surface area contributed by atoms with Gasteiger partial charge in [-0.15, -0.1) is 0 Å². The molecule has 1 aliphatic carbocycles. The van der Waals surface area contributed by atoms with Crippen molar-refractivity contribution >= 4 is 5.91 Å². The van der Waals surface area contributed by atoms with E-state index < -0.39 is 0 Å². The highest BCUT2D eigenvalue weighted by molar-refractivity contribution is 5.82. The maximum absolute atomic E-state index is 13.1. The van der Waals surface area contributed by atoms with Crippen molar-refractivity contribution in [3.05, 3.63) is 95.6 Å². The van der Waals surface area contributed by atoms with Crippen LogP contribution in [0.1, 0.15) is 23.1 Å². The number of hydrogen-bond donors (Lipinski definition) is 2. The minimum absolute atomic E-state index is 0.102. The number of benzene rings is 3. The second-order valence-corrected chi connectivity index (χ2v) is 9.70. The van der Waals surface area contributed by atoms with Crippen LogP contribution in [0.25, 0.3) is 0 Å². The molecule has 0 aromatic heterocycles. The minimum atomic E-state index is -0.133. The van der Waals surface area contributed by atoms with E-state index >= 15 is 0 Å². The van der Waals surface area contributed by atoms with Crippen LogP contribution in [0, 0.1) is 0 Å². The van der Waals surface area contributed by atoms with Crippen LogP contribution in [-0.4, -0.2) is 55.7 Å². The first kappa shape index (κ1) is 24.5. The van der Waals surface area contributed by atoms with E-state index in [1.165, 1.54) is 11.1 Å². The Hall–Kier alpha value is -3.19. The molecule has 2 aliphatic rings. The monoisotopic (exact) mass is 485 g/mol. The van der Waals surface area contributed by atoms with Gasteiger partial charge in [-0.25, -0.2) is 0 Å². The zero-order valence-corrected chi connectivity index (χ0v) is 20.9. The SMILES string of the molecule is COCCNC(=O)[C@@H]1C[C@H](NCc2cccc(Oc3ccccc3)c2)CN1C1Cc2ccccc2C1. The lowest BCUT2D eigenvalue weighted by Crippen LogP contribution is -2.48. The van der Waals surface area contributed by atoms with E-state index in [4.69, 9.17) is 9.47 Å². The number of nitrogens with one attached hydrogen (secondary N) is 2. The van der Waals surface area contributed by atoms with Crippen LogP contribution >= 0.6 is 0 Å². The number of rotatable bonds is 10. The van der Waals surface area contributed by atoms with Gasteiger partial charge < -0.3 is 20.1 Å². The molecule has 6 nitrogen and oxygen atoms in total. The maximum atomic E-state index is 13.1. The lowest BCUT2D eigenvalue weighted by atomic mass is 10.1. The fraction of sp³-hybridized carbons (Fsp3) is 0.367. The predicted molar refractivity (Wildman–Crippen MR) is 141 cm³/mol.